The van der Waals surface area contributed by atoms with Gasteiger partial charge in [0.05, 0.1) is 16.1 Å². The molecule has 2 N–H and O–H groups in total. The summed E-state index contributed by atoms with van der Waals surface area (Å²) >= 11 is 6.06. The number of imidazole rings is 1. The molecule has 2 aromatic rings. The molecule has 0 atom stereocenters. The van der Waals surface area contributed by atoms with E-state index in [1.165, 1.54) is 0 Å². The van der Waals surface area contributed by atoms with E-state index in [9.17, 15) is 13.2 Å². The van der Waals surface area contributed by atoms with Gasteiger partial charge in [-0.05, 0) is 25.0 Å². The zero-order chi connectivity index (χ0) is 14.0. The highest BCUT2D eigenvalue weighted by Gasteiger charge is 2.25. The lowest BCUT2D eigenvalue weighted by Gasteiger charge is -2.08. The van der Waals surface area contributed by atoms with E-state index in [0.717, 1.165) is 0 Å². The molecule has 19 heavy (non-hydrogen) atoms. The van der Waals surface area contributed by atoms with Gasteiger partial charge in [-0.15, -0.1) is 0 Å². The first-order chi connectivity index (χ1) is 8.88. The highest BCUT2D eigenvalue weighted by Crippen LogP contribution is 2.27. The molecule has 0 fully saturated rings. The predicted molar refractivity (Wildman–Crippen MR) is 69.1 cm³/mol. The summed E-state index contributed by atoms with van der Waals surface area (Å²) in [4.78, 5) is 4.14. The number of nitrogen functional groups attached to an aromatic ring is 1. The Morgan fingerprint density at radius 1 is 1.26 bits per heavy atom. The summed E-state index contributed by atoms with van der Waals surface area (Å²) in [5.74, 6) is 0.273. The number of rotatable bonds is 4. The van der Waals surface area contributed by atoms with Gasteiger partial charge in [-0.1, -0.05) is 17.7 Å². The standard InChI is InChI=1S/C12H13ClF3N3/c13-8-4-3-5-9-10(8)19(11(17)18-9)7-2-1-6-12(14,15)16/h3-5H,1-2,6-7H2,(H2,17,18). The summed E-state index contributed by atoms with van der Waals surface area (Å²) in [6.45, 7) is 0.377. The van der Waals surface area contributed by atoms with Crippen LogP contribution < -0.4 is 5.73 Å². The summed E-state index contributed by atoms with van der Waals surface area (Å²) in [6, 6.07) is 5.23. The van der Waals surface area contributed by atoms with Crippen molar-refractivity contribution >= 4 is 28.6 Å². The third kappa shape index (κ3) is 3.32. The molecule has 0 bridgehead atoms. The van der Waals surface area contributed by atoms with Crippen molar-refractivity contribution in [1.82, 2.24) is 9.55 Å². The van der Waals surface area contributed by atoms with Gasteiger partial charge in [0.15, 0.2) is 0 Å². The summed E-state index contributed by atoms with van der Waals surface area (Å²) < 4.78 is 37.8. The van der Waals surface area contributed by atoms with Crippen LogP contribution in [0.4, 0.5) is 19.1 Å². The van der Waals surface area contributed by atoms with Crippen LogP contribution in [-0.2, 0) is 6.54 Å². The largest absolute Gasteiger partial charge is 0.389 e. The van der Waals surface area contributed by atoms with Crippen LogP contribution in [0.2, 0.25) is 5.02 Å². The van der Waals surface area contributed by atoms with Crippen LogP contribution in [0, 0.1) is 0 Å². The molecule has 0 aliphatic carbocycles. The average molecular weight is 292 g/mol. The molecule has 0 amide bonds. The molecular formula is C12H13ClF3N3. The first kappa shape index (κ1) is 14.0. The number of hydrogen-bond acceptors (Lipinski definition) is 2. The SMILES string of the molecule is Nc1nc2cccc(Cl)c2n1CCCCC(F)(F)F. The lowest BCUT2D eigenvalue weighted by Crippen LogP contribution is -2.08. The van der Waals surface area contributed by atoms with Crippen LogP contribution in [0.3, 0.4) is 0 Å². The van der Waals surface area contributed by atoms with Gasteiger partial charge in [0, 0.05) is 13.0 Å². The molecule has 0 radical (unpaired) electrons. The number of fused-ring (bicyclic) bond motifs is 1. The van der Waals surface area contributed by atoms with Gasteiger partial charge in [-0.3, -0.25) is 0 Å². The van der Waals surface area contributed by atoms with Gasteiger partial charge in [-0.2, -0.15) is 13.2 Å². The van der Waals surface area contributed by atoms with E-state index < -0.39 is 12.6 Å². The lowest BCUT2D eigenvalue weighted by atomic mass is 10.2. The van der Waals surface area contributed by atoms with E-state index in [0.29, 0.717) is 29.0 Å². The van der Waals surface area contributed by atoms with E-state index in [4.69, 9.17) is 17.3 Å². The minimum atomic E-state index is -4.11. The van der Waals surface area contributed by atoms with E-state index >= 15 is 0 Å². The average Bonchev–Trinajstić information content (AvgIpc) is 2.61. The summed E-state index contributed by atoms with van der Waals surface area (Å²) in [7, 11) is 0. The topological polar surface area (TPSA) is 43.8 Å². The van der Waals surface area contributed by atoms with Crippen LogP contribution >= 0.6 is 11.6 Å². The van der Waals surface area contributed by atoms with Gasteiger partial charge < -0.3 is 10.3 Å². The molecule has 2 rings (SSSR count). The Hall–Kier alpha value is -1.43. The lowest BCUT2D eigenvalue weighted by molar-refractivity contribution is -0.135. The Morgan fingerprint density at radius 2 is 2.00 bits per heavy atom. The Kier molecular flexibility index (Phi) is 3.89. The molecule has 0 saturated heterocycles. The highest BCUT2D eigenvalue weighted by atomic mass is 35.5. The number of para-hydroxylation sites is 1. The van der Waals surface area contributed by atoms with Crippen LogP contribution in [0.25, 0.3) is 11.0 Å². The maximum atomic E-state index is 12.1. The van der Waals surface area contributed by atoms with Crippen molar-refractivity contribution in [2.24, 2.45) is 0 Å². The zero-order valence-corrected chi connectivity index (χ0v) is 10.8. The summed E-state index contributed by atoms with van der Waals surface area (Å²) in [5.41, 5.74) is 7.09. The molecule has 3 nitrogen and oxygen atoms in total. The summed E-state index contributed by atoms with van der Waals surface area (Å²) in [6.07, 6.45) is -4.46. The van der Waals surface area contributed by atoms with Crippen molar-refractivity contribution in [1.29, 1.82) is 0 Å². The minimum absolute atomic E-state index is 0.0626. The molecule has 0 saturated carbocycles. The number of aryl methyl sites for hydroxylation is 1. The number of alkyl halides is 3. The molecular weight excluding hydrogens is 279 g/mol. The third-order valence-corrected chi connectivity index (χ3v) is 3.14. The number of benzene rings is 1. The van der Waals surface area contributed by atoms with Gasteiger partial charge >= 0.3 is 6.18 Å². The fourth-order valence-corrected chi connectivity index (χ4v) is 2.25. The summed E-state index contributed by atoms with van der Waals surface area (Å²) in [5, 5.41) is 0.498. The van der Waals surface area contributed by atoms with E-state index in [1.54, 1.807) is 22.8 Å². The Balaban J connectivity index is 2.10. The van der Waals surface area contributed by atoms with E-state index in [-0.39, 0.29) is 12.4 Å². The molecule has 0 aliphatic heterocycles. The maximum Gasteiger partial charge on any atom is 0.389 e. The molecule has 0 spiro atoms. The number of hydrogen-bond donors (Lipinski definition) is 1. The molecule has 104 valence electrons. The van der Waals surface area contributed by atoms with Crippen LogP contribution in [0.15, 0.2) is 18.2 Å². The molecule has 1 aromatic heterocycles. The van der Waals surface area contributed by atoms with Gasteiger partial charge in [0.2, 0.25) is 5.95 Å². The van der Waals surface area contributed by atoms with Gasteiger partial charge in [0.25, 0.3) is 0 Å². The molecule has 1 heterocycles. The van der Waals surface area contributed by atoms with Crippen molar-refractivity contribution in [3.63, 3.8) is 0 Å². The van der Waals surface area contributed by atoms with Gasteiger partial charge in [-0.25, -0.2) is 4.98 Å². The maximum absolute atomic E-state index is 12.1. The first-order valence-electron chi connectivity index (χ1n) is 5.85. The zero-order valence-electron chi connectivity index (χ0n) is 10.0. The second-order valence-corrected chi connectivity index (χ2v) is 4.71. The minimum Gasteiger partial charge on any atom is -0.369 e. The Labute approximate surface area is 113 Å². The number of nitrogens with two attached hydrogens (primary N) is 1. The number of nitrogens with zero attached hydrogens (tertiary/aromatic N) is 2. The number of halogens is 4. The van der Waals surface area contributed by atoms with Crippen molar-refractivity contribution in [3.8, 4) is 0 Å². The predicted octanol–water partition coefficient (Wildman–Crippen LogP) is 4.00. The first-order valence-corrected chi connectivity index (χ1v) is 6.23. The van der Waals surface area contributed by atoms with E-state index in [2.05, 4.69) is 4.98 Å². The molecule has 0 unspecified atom stereocenters. The second kappa shape index (κ2) is 5.28. The Morgan fingerprint density at radius 3 is 2.68 bits per heavy atom. The smallest absolute Gasteiger partial charge is 0.369 e. The molecule has 7 heteroatoms. The van der Waals surface area contributed by atoms with Crippen molar-refractivity contribution in [2.45, 2.75) is 32.0 Å². The van der Waals surface area contributed by atoms with Gasteiger partial charge in [0.1, 0.15) is 0 Å². The van der Waals surface area contributed by atoms with Crippen LogP contribution in [-0.4, -0.2) is 15.7 Å². The number of aromatic nitrogens is 2. The highest BCUT2D eigenvalue weighted by molar-refractivity contribution is 6.35. The number of anilines is 1. The monoisotopic (exact) mass is 291 g/mol. The fraction of sp³-hybridized carbons (Fsp3) is 0.417. The van der Waals surface area contributed by atoms with Crippen LogP contribution in [0.5, 0.6) is 0 Å². The van der Waals surface area contributed by atoms with Crippen molar-refractivity contribution < 1.29 is 13.2 Å². The fourth-order valence-electron chi connectivity index (χ4n) is 1.98. The third-order valence-electron chi connectivity index (χ3n) is 2.84. The Bertz CT molecular complexity index is 577. The van der Waals surface area contributed by atoms with Crippen molar-refractivity contribution in [3.05, 3.63) is 23.2 Å². The normalized spacial score (nSPS) is 12.2. The quantitative estimate of drug-likeness (QED) is 0.865. The molecule has 0 aliphatic rings. The second-order valence-electron chi connectivity index (χ2n) is 4.30. The molecule has 1 aromatic carbocycles. The van der Waals surface area contributed by atoms with Crippen LogP contribution in [0.1, 0.15) is 19.3 Å². The number of unbranched alkanes of at least 4 members (excludes halogenated alkanes) is 1. The van der Waals surface area contributed by atoms with Crippen molar-refractivity contribution in [2.75, 3.05) is 5.73 Å². The van der Waals surface area contributed by atoms with E-state index in [1.807, 2.05) is 0 Å².